The molecular weight excluding hydrogens is 522 g/mol. The topological polar surface area (TPSA) is 87.7 Å². The number of carbonyl (C=O) groups excluding carboxylic acids is 3. The van der Waals surface area contributed by atoms with Gasteiger partial charge in [0.2, 0.25) is 17.7 Å². The molecular formula is C29H32ClN3O4S. The van der Waals surface area contributed by atoms with E-state index in [1.165, 1.54) is 6.42 Å². The molecule has 2 N–H and O–H groups in total. The number of thiophene rings is 1. The Morgan fingerprint density at radius 3 is 2.58 bits per heavy atom. The van der Waals surface area contributed by atoms with Gasteiger partial charge in [-0.2, -0.15) is 0 Å². The summed E-state index contributed by atoms with van der Waals surface area (Å²) in [6, 6.07) is 10.4. The molecule has 5 atom stereocenters. The van der Waals surface area contributed by atoms with Crippen molar-refractivity contribution >= 4 is 40.7 Å². The number of nitrogens with zero attached hydrogens (tertiary/aromatic N) is 1. The Morgan fingerprint density at radius 1 is 1.11 bits per heavy atom. The van der Waals surface area contributed by atoms with Crippen molar-refractivity contribution in [2.75, 3.05) is 0 Å². The molecule has 7 nitrogen and oxygen atoms in total. The Labute approximate surface area is 231 Å². The van der Waals surface area contributed by atoms with Crippen molar-refractivity contribution in [1.82, 2.24) is 15.5 Å². The second kappa shape index (κ2) is 9.81. The average molecular weight is 554 g/mol. The summed E-state index contributed by atoms with van der Waals surface area (Å²) in [6.07, 6.45) is 8.94. The van der Waals surface area contributed by atoms with Gasteiger partial charge < -0.3 is 20.3 Å². The zero-order valence-corrected chi connectivity index (χ0v) is 22.9. The molecule has 1 aromatic carbocycles. The number of fused-ring (bicyclic) bond motifs is 1. The number of carbonyl (C=O) groups is 3. The Balaban J connectivity index is 1.33. The number of halogens is 1. The molecule has 1 spiro atoms. The van der Waals surface area contributed by atoms with Gasteiger partial charge in [0.1, 0.15) is 11.6 Å². The molecule has 1 aliphatic carbocycles. The summed E-state index contributed by atoms with van der Waals surface area (Å²) in [5.74, 6) is -2.19. The number of nitrogens with one attached hydrogen (secondary N) is 2. The molecule has 4 heterocycles. The van der Waals surface area contributed by atoms with Crippen LogP contribution in [0.15, 0.2) is 53.9 Å². The molecule has 2 saturated heterocycles. The van der Waals surface area contributed by atoms with Crippen LogP contribution in [0, 0.1) is 11.8 Å². The molecule has 0 unspecified atom stereocenters. The summed E-state index contributed by atoms with van der Waals surface area (Å²) < 4.78 is 6.61. The monoisotopic (exact) mass is 553 g/mol. The molecule has 200 valence electrons. The van der Waals surface area contributed by atoms with E-state index in [2.05, 4.69) is 10.6 Å². The highest BCUT2D eigenvalue weighted by Crippen LogP contribution is 2.59. The van der Waals surface area contributed by atoms with Gasteiger partial charge in [-0.25, -0.2) is 0 Å². The van der Waals surface area contributed by atoms with Crippen molar-refractivity contribution in [1.29, 1.82) is 0 Å². The van der Waals surface area contributed by atoms with Crippen LogP contribution in [0.4, 0.5) is 0 Å². The summed E-state index contributed by atoms with van der Waals surface area (Å²) in [5, 5.41) is 8.81. The van der Waals surface area contributed by atoms with E-state index in [1.807, 2.05) is 48.7 Å². The first-order chi connectivity index (χ1) is 18.3. The molecule has 3 amide bonds. The zero-order valence-electron chi connectivity index (χ0n) is 21.3. The van der Waals surface area contributed by atoms with E-state index < -0.39 is 29.1 Å². The lowest BCUT2D eigenvalue weighted by atomic mass is 9.70. The van der Waals surface area contributed by atoms with Crippen LogP contribution >= 0.6 is 22.9 Å². The minimum atomic E-state index is -1.19. The minimum Gasteiger partial charge on any atom is -0.356 e. The molecule has 6 rings (SSSR count). The predicted molar refractivity (Wildman–Crippen MR) is 145 cm³/mol. The van der Waals surface area contributed by atoms with Crippen molar-refractivity contribution in [2.45, 2.75) is 75.4 Å². The van der Waals surface area contributed by atoms with E-state index in [-0.39, 0.29) is 30.3 Å². The number of amides is 3. The number of likely N-dealkylation sites (tertiary alicyclic amines) is 1. The van der Waals surface area contributed by atoms with Gasteiger partial charge >= 0.3 is 0 Å². The lowest BCUT2D eigenvalue weighted by Crippen LogP contribution is -2.56. The SMILES string of the molecule is C[C@]12C=C[C@]3(O1)[C@H](C(=O)N(Cc1ccc(Cl)cc1)[C@@H]3C(=O)NC1CCCCC1)[C@@H]2C(=O)NCc1cccs1. The molecule has 38 heavy (non-hydrogen) atoms. The Hall–Kier alpha value is -2.68. The van der Waals surface area contributed by atoms with Crippen molar-refractivity contribution in [3.8, 4) is 0 Å². The van der Waals surface area contributed by atoms with Crippen molar-refractivity contribution in [3.05, 3.63) is 69.4 Å². The first kappa shape index (κ1) is 25.6. The molecule has 1 aromatic heterocycles. The molecule has 4 aliphatic rings. The number of benzene rings is 1. The van der Waals surface area contributed by atoms with Crippen LogP contribution in [0.2, 0.25) is 5.02 Å². The lowest BCUT2D eigenvalue weighted by Gasteiger charge is -2.34. The molecule has 2 bridgehead atoms. The minimum absolute atomic E-state index is 0.0854. The van der Waals surface area contributed by atoms with Crippen LogP contribution in [0.1, 0.15) is 49.5 Å². The van der Waals surface area contributed by atoms with Crippen molar-refractivity contribution in [2.24, 2.45) is 11.8 Å². The fraction of sp³-hybridized carbons (Fsp3) is 0.483. The maximum absolute atomic E-state index is 14.2. The molecule has 0 radical (unpaired) electrons. The van der Waals surface area contributed by atoms with E-state index in [9.17, 15) is 14.4 Å². The average Bonchev–Trinajstić information content (AvgIpc) is 3.65. The Bertz CT molecular complexity index is 1260. The highest BCUT2D eigenvalue weighted by Gasteiger charge is 2.76. The number of hydrogen-bond donors (Lipinski definition) is 2. The maximum atomic E-state index is 14.2. The first-order valence-corrected chi connectivity index (χ1v) is 14.6. The maximum Gasteiger partial charge on any atom is 0.246 e. The van der Waals surface area contributed by atoms with E-state index >= 15 is 0 Å². The quantitative estimate of drug-likeness (QED) is 0.503. The predicted octanol–water partition coefficient (Wildman–Crippen LogP) is 4.21. The van der Waals surface area contributed by atoms with Gasteiger partial charge in [-0.05, 0) is 48.9 Å². The van der Waals surface area contributed by atoms with Crippen LogP contribution in [0.25, 0.3) is 0 Å². The van der Waals surface area contributed by atoms with Gasteiger partial charge in [0.05, 0.1) is 24.0 Å². The van der Waals surface area contributed by atoms with Gasteiger partial charge in [-0.1, -0.05) is 61.2 Å². The van der Waals surface area contributed by atoms with E-state index in [4.69, 9.17) is 16.3 Å². The smallest absolute Gasteiger partial charge is 0.246 e. The van der Waals surface area contributed by atoms with Crippen LogP contribution < -0.4 is 10.6 Å². The fourth-order valence-electron chi connectivity index (χ4n) is 6.81. The normalized spacial score (nSPS) is 32.0. The van der Waals surface area contributed by atoms with E-state index in [1.54, 1.807) is 28.4 Å². The van der Waals surface area contributed by atoms with Gasteiger partial charge in [0, 0.05) is 22.5 Å². The van der Waals surface area contributed by atoms with Crippen molar-refractivity contribution in [3.63, 3.8) is 0 Å². The van der Waals surface area contributed by atoms with E-state index in [0.29, 0.717) is 11.6 Å². The third-order valence-electron chi connectivity index (χ3n) is 8.56. The molecule has 3 fully saturated rings. The Kier molecular flexibility index (Phi) is 6.61. The molecule has 2 aromatic rings. The van der Waals surface area contributed by atoms with Crippen molar-refractivity contribution < 1.29 is 19.1 Å². The number of rotatable bonds is 7. The second-order valence-electron chi connectivity index (χ2n) is 11.1. The van der Waals surface area contributed by atoms with Gasteiger partial charge in [-0.3, -0.25) is 14.4 Å². The third kappa shape index (κ3) is 4.27. The van der Waals surface area contributed by atoms with E-state index in [0.717, 1.165) is 36.1 Å². The molecule has 9 heteroatoms. The van der Waals surface area contributed by atoms with Gasteiger partial charge in [0.15, 0.2) is 0 Å². The summed E-state index contributed by atoms with van der Waals surface area (Å²) in [4.78, 5) is 44.4. The van der Waals surface area contributed by atoms with Crippen LogP contribution in [0.3, 0.4) is 0 Å². The molecule has 1 saturated carbocycles. The summed E-state index contributed by atoms with van der Waals surface area (Å²) in [5.41, 5.74) is -1.30. The van der Waals surface area contributed by atoms with Crippen LogP contribution in [-0.2, 0) is 32.2 Å². The summed E-state index contributed by atoms with van der Waals surface area (Å²) in [6.45, 7) is 2.47. The number of ether oxygens (including phenoxy) is 1. The third-order valence-corrected chi connectivity index (χ3v) is 9.69. The first-order valence-electron chi connectivity index (χ1n) is 13.4. The zero-order chi connectivity index (χ0) is 26.5. The second-order valence-corrected chi connectivity index (χ2v) is 12.5. The molecule has 3 aliphatic heterocycles. The largest absolute Gasteiger partial charge is 0.356 e. The van der Waals surface area contributed by atoms with Crippen LogP contribution in [0.5, 0.6) is 0 Å². The Morgan fingerprint density at radius 2 is 1.87 bits per heavy atom. The fourth-order valence-corrected chi connectivity index (χ4v) is 7.58. The highest BCUT2D eigenvalue weighted by molar-refractivity contribution is 7.09. The van der Waals surface area contributed by atoms with Gasteiger partial charge in [0.25, 0.3) is 0 Å². The standard InChI is InChI=1S/C29H32ClN3O4S/c1-28-13-14-29(37-28)23(22(28)25(34)31-16-21-8-5-15-38-21)27(36)33(17-18-9-11-19(30)12-10-18)24(29)26(35)32-20-6-3-2-4-7-20/h5,8-15,20,22-24H,2-4,6-7,16-17H2,1H3,(H,31,34)(H,32,35)/t22-,23+,24-,28-,29+/m1/s1. The lowest BCUT2D eigenvalue weighted by molar-refractivity contribution is -0.145. The summed E-state index contributed by atoms with van der Waals surface area (Å²) >= 11 is 7.66. The van der Waals surface area contributed by atoms with Crippen LogP contribution in [-0.4, -0.2) is 45.9 Å². The summed E-state index contributed by atoms with van der Waals surface area (Å²) in [7, 11) is 0. The number of hydrogen-bond acceptors (Lipinski definition) is 5. The highest BCUT2D eigenvalue weighted by atomic mass is 35.5. The van der Waals surface area contributed by atoms with Gasteiger partial charge in [-0.15, -0.1) is 11.3 Å².